The van der Waals surface area contributed by atoms with Gasteiger partial charge in [0.05, 0.1) is 13.2 Å². The van der Waals surface area contributed by atoms with Crippen LogP contribution in [0.1, 0.15) is 54.9 Å². The molecule has 0 unspecified atom stereocenters. The van der Waals surface area contributed by atoms with E-state index in [4.69, 9.17) is 14.8 Å². The molecule has 0 aromatic heterocycles. The predicted molar refractivity (Wildman–Crippen MR) is 156 cm³/mol. The molecule has 0 amide bonds. The van der Waals surface area contributed by atoms with Gasteiger partial charge in [-0.05, 0) is 63.6 Å². The molecular weight excluding hydrogens is 450 g/mol. The van der Waals surface area contributed by atoms with Crippen molar-refractivity contribution in [2.75, 3.05) is 40.3 Å². The van der Waals surface area contributed by atoms with Crippen LogP contribution in [-0.4, -0.2) is 66.9 Å². The van der Waals surface area contributed by atoms with Crippen molar-refractivity contribution in [3.05, 3.63) is 84.0 Å². The molecule has 1 N–H and O–H groups in total. The molecule has 0 aliphatic rings. The molecular formula is C30H49N3O3. The molecule has 6 heteroatoms. The van der Waals surface area contributed by atoms with E-state index >= 15 is 0 Å². The lowest BCUT2D eigenvalue weighted by Gasteiger charge is -2.19. The van der Waals surface area contributed by atoms with Crippen LogP contribution in [0.4, 0.5) is 0 Å². The van der Waals surface area contributed by atoms with E-state index in [1.807, 2.05) is 96.7 Å². The first-order valence-corrected chi connectivity index (χ1v) is 12.5. The van der Waals surface area contributed by atoms with E-state index in [2.05, 4.69) is 19.7 Å². The lowest BCUT2D eigenvalue weighted by atomic mass is 10.1. The van der Waals surface area contributed by atoms with E-state index in [0.717, 1.165) is 33.8 Å². The van der Waals surface area contributed by atoms with Crippen molar-refractivity contribution >= 4 is 11.7 Å². The van der Waals surface area contributed by atoms with Crippen LogP contribution in [0, 0.1) is 0 Å². The summed E-state index contributed by atoms with van der Waals surface area (Å²) in [6, 6.07) is 0. The quantitative estimate of drug-likeness (QED) is 0.144. The summed E-state index contributed by atoms with van der Waals surface area (Å²) in [6.07, 6.45) is 10.0. The maximum absolute atomic E-state index is 11.0. The summed E-state index contributed by atoms with van der Waals surface area (Å²) in [5.74, 6) is -0.136. The summed E-state index contributed by atoms with van der Waals surface area (Å²) in [5, 5.41) is 9.06. The zero-order valence-electron chi connectivity index (χ0n) is 24.1. The van der Waals surface area contributed by atoms with Crippen LogP contribution in [0.2, 0.25) is 0 Å². The van der Waals surface area contributed by atoms with E-state index in [1.54, 1.807) is 6.08 Å². The number of carbonyl (C=O) groups is 1. The predicted octanol–water partition coefficient (Wildman–Crippen LogP) is 6.78. The van der Waals surface area contributed by atoms with Gasteiger partial charge in [-0.25, -0.2) is 0 Å². The molecule has 0 radical (unpaired) electrons. The highest BCUT2D eigenvalue weighted by Gasteiger charge is 2.09. The molecule has 202 valence electrons. The molecule has 0 saturated carbocycles. The Labute approximate surface area is 220 Å². The summed E-state index contributed by atoms with van der Waals surface area (Å²) in [6.45, 7) is 27.4. The first kappa shape index (κ1) is 35.0. The number of likely N-dealkylation sites (N-methyl/N-ethyl adjacent to an activating group) is 2. The average Bonchev–Trinajstić information content (AvgIpc) is 2.84. The fraction of sp³-hybridized carbons (Fsp3) is 0.467. The highest BCUT2D eigenvalue weighted by molar-refractivity contribution is 6.00. The first-order valence-electron chi connectivity index (χ1n) is 12.5. The highest BCUT2D eigenvalue weighted by Crippen LogP contribution is 2.15. The van der Waals surface area contributed by atoms with Gasteiger partial charge < -0.3 is 14.7 Å². The fourth-order valence-electron chi connectivity index (χ4n) is 2.71. The molecule has 0 spiro atoms. The second-order valence-corrected chi connectivity index (χ2v) is 8.30. The SMILES string of the molecule is C=C/C(=C\C(=C/C)OCCC(N=C(C)C(=C)/C=C\C(=C)N(C)C)=C(C)C)CN(CC)CC(=O)O.CC. The molecule has 0 heterocycles. The van der Waals surface area contributed by atoms with Gasteiger partial charge in [0.15, 0.2) is 0 Å². The minimum atomic E-state index is -0.848. The van der Waals surface area contributed by atoms with Gasteiger partial charge >= 0.3 is 5.97 Å². The summed E-state index contributed by atoms with van der Waals surface area (Å²) in [7, 11) is 3.89. The van der Waals surface area contributed by atoms with Crippen molar-refractivity contribution in [2.24, 2.45) is 4.99 Å². The molecule has 0 rings (SSSR count). The third-order valence-corrected chi connectivity index (χ3v) is 5.09. The Morgan fingerprint density at radius 3 is 2.14 bits per heavy atom. The highest BCUT2D eigenvalue weighted by atomic mass is 16.5. The smallest absolute Gasteiger partial charge is 0.317 e. The molecule has 0 aromatic rings. The van der Waals surface area contributed by atoms with Gasteiger partial charge in [0.25, 0.3) is 0 Å². The Bertz CT molecular complexity index is 883. The number of carboxylic acids is 1. The number of nitrogens with zero attached hydrogens (tertiary/aromatic N) is 3. The molecule has 0 bridgehead atoms. The van der Waals surface area contributed by atoms with Crippen LogP contribution in [0.3, 0.4) is 0 Å². The minimum Gasteiger partial charge on any atom is -0.494 e. The maximum Gasteiger partial charge on any atom is 0.317 e. The number of rotatable bonds is 16. The zero-order valence-corrected chi connectivity index (χ0v) is 24.1. The van der Waals surface area contributed by atoms with Crippen LogP contribution < -0.4 is 0 Å². The summed E-state index contributed by atoms with van der Waals surface area (Å²) >= 11 is 0. The standard InChI is InChI=1S/C28H43N3O3.C2H6/c1-11-25(19-31(13-3)20-28(32)33)18-26(12-2)34-17-16-27(21(4)5)29-24(8)22(6)14-15-23(7)30(9)10;1-2/h11-12,14-15,18H,1,6-7,13,16-17,19-20H2,2-5,8-10H3,(H,32,33);1-2H3/b15-14-,25-18+,26-12+,29-24?;. The van der Waals surface area contributed by atoms with Crippen molar-refractivity contribution in [1.29, 1.82) is 0 Å². The number of aliphatic carboxylic acids is 1. The van der Waals surface area contributed by atoms with Crippen LogP contribution >= 0.6 is 0 Å². The number of hydrogen-bond donors (Lipinski definition) is 1. The zero-order chi connectivity index (χ0) is 28.3. The Morgan fingerprint density at radius 1 is 1.08 bits per heavy atom. The summed E-state index contributed by atoms with van der Waals surface area (Å²) < 4.78 is 5.99. The van der Waals surface area contributed by atoms with E-state index in [0.29, 0.717) is 31.9 Å². The first-order chi connectivity index (χ1) is 16.9. The minimum absolute atomic E-state index is 0.0151. The fourth-order valence-corrected chi connectivity index (χ4v) is 2.71. The van der Waals surface area contributed by atoms with Crippen molar-refractivity contribution < 1.29 is 14.6 Å². The lowest BCUT2D eigenvalue weighted by Crippen LogP contribution is -2.31. The van der Waals surface area contributed by atoms with E-state index in [-0.39, 0.29) is 6.54 Å². The number of ether oxygens (including phenoxy) is 1. The van der Waals surface area contributed by atoms with Gasteiger partial charge in [-0.2, -0.15) is 0 Å². The monoisotopic (exact) mass is 499 g/mol. The average molecular weight is 500 g/mol. The van der Waals surface area contributed by atoms with Gasteiger partial charge in [0.1, 0.15) is 5.76 Å². The summed E-state index contributed by atoms with van der Waals surface area (Å²) in [5.41, 5.74) is 5.54. The second kappa shape index (κ2) is 20.1. The lowest BCUT2D eigenvalue weighted by molar-refractivity contribution is -0.138. The third kappa shape index (κ3) is 15.7. The number of carboxylic acid groups (broad SMARTS) is 1. The van der Waals surface area contributed by atoms with Gasteiger partial charge in [-0.1, -0.05) is 58.2 Å². The number of aliphatic imine (C=N–C) groups is 1. The van der Waals surface area contributed by atoms with Crippen molar-refractivity contribution in [2.45, 2.75) is 54.9 Å². The van der Waals surface area contributed by atoms with Crippen molar-refractivity contribution in [3.63, 3.8) is 0 Å². The number of hydrogen-bond acceptors (Lipinski definition) is 5. The van der Waals surface area contributed by atoms with Crippen LogP contribution in [0.15, 0.2) is 89.0 Å². The molecule has 0 atom stereocenters. The van der Waals surface area contributed by atoms with Crippen molar-refractivity contribution in [3.8, 4) is 0 Å². The van der Waals surface area contributed by atoms with E-state index < -0.39 is 5.97 Å². The van der Waals surface area contributed by atoms with Crippen LogP contribution in [0.25, 0.3) is 0 Å². The molecule has 0 aliphatic heterocycles. The van der Waals surface area contributed by atoms with Crippen LogP contribution in [-0.2, 0) is 9.53 Å². The topological polar surface area (TPSA) is 65.4 Å². The molecule has 0 aliphatic carbocycles. The number of allylic oxidation sites excluding steroid dienone is 6. The Balaban J connectivity index is 0. The Hall–Kier alpha value is -3.12. The van der Waals surface area contributed by atoms with Gasteiger partial charge in [0, 0.05) is 44.2 Å². The van der Waals surface area contributed by atoms with Gasteiger partial charge in [-0.3, -0.25) is 14.7 Å². The maximum atomic E-state index is 11.0. The van der Waals surface area contributed by atoms with E-state index in [9.17, 15) is 4.79 Å². The van der Waals surface area contributed by atoms with E-state index in [1.165, 1.54) is 0 Å². The van der Waals surface area contributed by atoms with Crippen LogP contribution in [0.5, 0.6) is 0 Å². The second-order valence-electron chi connectivity index (χ2n) is 8.30. The Morgan fingerprint density at radius 2 is 1.69 bits per heavy atom. The normalized spacial score (nSPS) is 12.1. The Kier molecular flexibility index (Phi) is 19.6. The largest absolute Gasteiger partial charge is 0.494 e. The summed E-state index contributed by atoms with van der Waals surface area (Å²) in [4.78, 5) is 19.6. The van der Waals surface area contributed by atoms with Crippen molar-refractivity contribution in [1.82, 2.24) is 9.80 Å². The molecule has 0 fully saturated rings. The van der Waals surface area contributed by atoms with Gasteiger partial charge in [0.2, 0.25) is 0 Å². The molecule has 0 aromatic carbocycles. The van der Waals surface area contributed by atoms with Gasteiger partial charge in [-0.15, -0.1) is 0 Å². The molecule has 6 nitrogen and oxygen atoms in total. The third-order valence-electron chi connectivity index (χ3n) is 5.09. The molecule has 0 saturated heterocycles. The molecule has 36 heavy (non-hydrogen) atoms.